The molecule has 0 aromatic heterocycles. The van der Waals surface area contributed by atoms with Crippen molar-refractivity contribution in [2.24, 2.45) is 0 Å². The molecule has 46 valence electrons. The van der Waals surface area contributed by atoms with E-state index in [-0.39, 0.29) is 6.10 Å². The number of aliphatic carboxylic acids is 1. The first-order valence-electron chi connectivity index (χ1n) is 2.20. The van der Waals surface area contributed by atoms with Gasteiger partial charge in [0.15, 0.2) is 0 Å². The lowest BCUT2D eigenvalue weighted by Gasteiger charge is -1.94. The minimum atomic E-state index is -0.854. The monoisotopic (exact) mass is 180 g/mol. The Hall–Kier alpha value is -0.0900. The molecule has 0 bridgehead atoms. The number of rotatable bonds is 2. The summed E-state index contributed by atoms with van der Waals surface area (Å²) < 4.78 is 4.70. The molecule has 4 heteroatoms. The molecule has 1 saturated heterocycles. The summed E-state index contributed by atoms with van der Waals surface area (Å²) in [5, 5.41) is 8.27. The third kappa shape index (κ3) is 1.20. The molecule has 0 aliphatic carbocycles. The van der Waals surface area contributed by atoms with E-state index in [1.54, 1.807) is 0 Å². The molecule has 1 heterocycles. The first-order chi connectivity index (χ1) is 3.72. The maximum atomic E-state index is 10.1. The highest BCUT2D eigenvalue weighted by Crippen LogP contribution is 2.20. The van der Waals surface area contributed by atoms with E-state index >= 15 is 0 Å². The van der Waals surface area contributed by atoms with Gasteiger partial charge in [0.1, 0.15) is 10.9 Å². The van der Waals surface area contributed by atoms with Gasteiger partial charge in [-0.05, 0) is 0 Å². The van der Waals surface area contributed by atoms with Crippen LogP contribution in [0.5, 0.6) is 0 Å². The Morgan fingerprint density at radius 3 is 2.62 bits per heavy atom. The summed E-state index contributed by atoms with van der Waals surface area (Å²) in [6.07, 6.45) is -0.0903. The number of carboxylic acid groups (broad SMARTS) is 1. The molecular weight excluding hydrogens is 176 g/mol. The fourth-order valence-corrected chi connectivity index (χ4v) is 0.689. The molecule has 1 rings (SSSR count). The van der Waals surface area contributed by atoms with Crippen molar-refractivity contribution in [2.75, 3.05) is 6.61 Å². The van der Waals surface area contributed by atoms with Crippen LogP contribution in [-0.2, 0) is 9.53 Å². The van der Waals surface area contributed by atoms with Gasteiger partial charge in [-0.2, -0.15) is 0 Å². The average Bonchev–Trinajstić information content (AvgIpc) is 2.43. The minimum Gasteiger partial charge on any atom is -0.480 e. The van der Waals surface area contributed by atoms with Gasteiger partial charge in [0.05, 0.1) is 6.61 Å². The van der Waals surface area contributed by atoms with Gasteiger partial charge < -0.3 is 9.84 Å². The van der Waals surface area contributed by atoms with Gasteiger partial charge in [-0.1, -0.05) is 15.9 Å². The van der Waals surface area contributed by atoms with Crippen molar-refractivity contribution in [2.45, 2.75) is 10.9 Å². The summed E-state index contributed by atoms with van der Waals surface area (Å²) >= 11 is 2.94. The van der Waals surface area contributed by atoms with Crippen LogP contribution in [0, 0.1) is 0 Å². The Bertz CT molecular complexity index is 110. The van der Waals surface area contributed by atoms with E-state index in [2.05, 4.69) is 15.9 Å². The van der Waals surface area contributed by atoms with Crippen LogP contribution in [0.4, 0.5) is 0 Å². The van der Waals surface area contributed by atoms with Crippen molar-refractivity contribution < 1.29 is 14.6 Å². The first-order valence-corrected chi connectivity index (χ1v) is 3.12. The molecule has 1 N–H and O–H groups in total. The molecule has 2 atom stereocenters. The van der Waals surface area contributed by atoms with E-state index in [9.17, 15) is 4.79 Å². The van der Waals surface area contributed by atoms with Gasteiger partial charge in [0.25, 0.3) is 0 Å². The molecule has 0 radical (unpaired) electrons. The van der Waals surface area contributed by atoms with Crippen molar-refractivity contribution >= 4 is 21.9 Å². The number of epoxide rings is 1. The summed E-state index contributed by atoms with van der Waals surface area (Å²) in [5.74, 6) is -0.854. The smallest absolute Gasteiger partial charge is 0.320 e. The maximum absolute atomic E-state index is 10.1. The van der Waals surface area contributed by atoms with Crippen LogP contribution in [0.25, 0.3) is 0 Å². The second kappa shape index (κ2) is 2.03. The highest BCUT2D eigenvalue weighted by Gasteiger charge is 2.35. The van der Waals surface area contributed by atoms with Crippen LogP contribution in [0.15, 0.2) is 0 Å². The predicted molar refractivity (Wildman–Crippen MR) is 30.1 cm³/mol. The van der Waals surface area contributed by atoms with Crippen molar-refractivity contribution in [1.29, 1.82) is 0 Å². The van der Waals surface area contributed by atoms with Crippen LogP contribution in [0.1, 0.15) is 0 Å². The minimum absolute atomic E-state index is 0.0903. The lowest BCUT2D eigenvalue weighted by molar-refractivity contribution is -0.136. The molecule has 0 aromatic carbocycles. The zero-order chi connectivity index (χ0) is 6.15. The number of alkyl halides is 1. The van der Waals surface area contributed by atoms with E-state index in [0.29, 0.717) is 6.61 Å². The Kier molecular flexibility index (Phi) is 1.53. The molecule has 0 unspecified atom stereocenters. The SMILES string of the molecule is O=C(O)[C@@H](Br)[C@H]1CO1. The highest BCUT2D eigenvalue weighted by molar-refractivity contribution is 9.10. The summed E-state index contributed by atoms with van der Waals surface area (Å²) in [6, 6.07) is 0. The van der Waals surface area contributed by atoms with Gasteiger partial charge in [0.2, 0.25) is 0 Å². The van der Waals surface area contributed by atoms with E-state index in [1.165, 1.54) is 0 Å². The van der Waals surface area contributed by atoms with E-state index in [1.807, 2.05) is 0 Å². The van der Waals surface area contributed by atoms with Crippen LogP contribution in [0.3, 0.4) is 0 Å². The number of ether oxygens (including phenoxy) is 1. The third-order valence-corrected chi connectivity index (χ3v) is 1.90. The van der Waals surface area contributed by atoms with Gasteiger partial charge in [0, 0.05) is 0 Å². The summed E-state index contributed by atoms with van der Waals surface area (Å²) in [4.78, 5) is 9.54. The van der Waals surface area contributed by atoms with E-state index < -0.39 is 10.8 Å². The molecule has 3 nitrogen and oxygen atoms in total. The van der Waals surface area contributed by atoms with Gasteiger partial charge in [-0.3, -0.25) is 4.79 Å². The normalized spacial score (nSPS) is 29.4. The molecular formula is C4H5BrO3. The summed E-state index contributed by atoms with van der Waals surface area (Å²) in [6.45, 7) is 0.572. The standard InChI is InChI=1S/C4H5BrO3/c5-3(4(6)7)2-1-8-2/h2-3H,1H2,(H,6,7)/t2-,3+/m1/s1. The lowest BCUT2D eigenvalue weighted by Crippen LogP contribution is -2.18. The van der Waals surface area contributed by atoms with Crippen molar-refractivity contribution in [3.63, 3.8) is 0 Å². The lowest BCUT2D eigenvalue weighted by atomic mass is 10.3. The third-order valence-electron chi connectivity index (χ3n) is 0.921. The number of halogens is 1. The second-order valence-electron chi connectivity index (χ2n) is 1.61. The molecule has 0 aromatic rings. The number of carboxylic acids is 1. The molecule has 8 heavy (non-hydrogen) atoms. The molecule has 1 fully saturated rings. The zero-order valence-electron chi connectivity index (χ0n) is 4.00. The number of carbonyl (C=O) groups is 1. The molecule has 0 spiro atoms. The Morgan fingerprint density at radius 1 is 2.00 bits per heavy atom. The van der Waals surface area contributed by atoms with Crippen LogP contribution < -0.4 is 0 Å². The van der Waals surface area contributed by atoms with Crippen LogP contribution in [-0.4, -0.2) is 28.6 Å². The Labute approximate surface area is 54.8 Å². The molecule has 0 amide bonds. The van der Waals surface area contributed by atoms with Gasteiger partial charge in [-0.25, -0.2) is 0 Å². The van der Waals surface area contributed by atoms with Gasteiger partial charge in [-0.15, -0.1) is 0 Å². The highest BCUT2D eigenvalue weighted by atomic mass is 79.9. The largest absolute Gasteiger partial charge is 0.480 e. The molecule has 0 saturated carbocycles. The average molecular weight is 181 g/mol. The van der Waals surface area contributed by atoms with E-state index in [0.717, 1.165) is 0 Å². The predicted octanol–water partition coefficient (Wildman–Crippen LogP) is 0.233. The van der Waals surface area contributed by atoms with Crippen LogP contribution >= 0.6 is 15.9 Å². The maximum Gasteiger partial charge on any atom is 0.320 e. The molecule has 1 aliphatic rings. The first kappa shape index (κ1) is 6.04. The number of hydrogen-bond acceptors (Lipinski definition) is 2. The van der Waals surface area contributed by atoms with Crippen molar-refractivity contribution in [3.8, 4) is 0 Å². The quantitative estimate of drug-likeness (QED) is 0.490. The second-order valence-corrected chi connectivity index (χ2v) is 2.60. The summed E-state index contributed by atoms with van der Waals surface area (Å²) in [5.41, 5.74) is 0. The van der Waals surface area contributed by atoms with Crippen molar-refractivity contribution in [1.82, 2.24) is 0 Å². The summed E-state index contributed by atoms with van der Waals surface area (Å²) in [7, 11) is 0. The number of hydrogen-bond donors (Lipinski definition) is 1. The molecule has 1 aliphatic heterocycles. The Morgan fingerprint density at radius 2 is 2.50 bits per heavy atom. The van der Waals surface area contributed by atoms with E-state index in [4.69, 9.17) is 9.84 Å². The zero-order valence-corrected chi connectivity index (χ0v) is 5.59. The van der Waals surface area contributed by atoms with Gasteiger partial charge >= 0.3 is 5.97 Å². The van der Waals surface area contributed by atoms with Crippen molar-refractivity contribution in [3.05, 3.63) is 0 Å². The Balaban J connectivity index is 2.32. The topological polar surface area (TPSA) is 49.8 Å². The fraction of sp³-hybridized carbons (Fsp3) is 0.750. The van der Waals surface area contributed by atoms with Crippen LogP contribution in [0.2, 0.25) is 0 Å². The fourth-order valence-electron chi connectivity index (χ4n) is 0.384.